The number of benzene rings is 5. The number of fused-ring (bicyclic) bond motifs is 1. The third kappa shape index (κ3) is 5.92. The smallest absolute Gasteiger partial charge is 0.267 e. The Morgan fingerprint density at radius 1 is 0.865 bits per heavy atom. The SMILES string of the molecule is COc1c2c3c4c(c(CCCS(=O)(=O)OC)c(O)c5c(=O)cc(CO)c(c6c(CO)cc(NCCCS(=O)(=O)O)c(c1=O)c63)c54)C=C(C)C2C(C)=O. The van der Waals surface area contributed by atoms with Crippen LogP contribution in [0, 0.1) is 0 Å². The van der Waals surface area contributed by atoms with Crippen LogP contribution in [0.5, 0.6) is 11.5 Å². The maximum Gasteiger partial charge on any atom is 0.267 e. The van der Waals surface area contributed by atoms with Gasteiger partial charge in [-0.15, -0.1) is 0 Å². The van der Waals surface area contributed by atoms with E-state index in [9.17, 15) is 51.1 Å². The molecule has 5 N–H and O–H groups in total. The Labute approximate surface area is 297 Å². The standard InChI is InChI=1S/C36H37NO13S2/c1-16-11-21-20(7-5-10-52(47,48)50-4)34(42)29-23(41)13-19(15-39)26-25-18(14-38)12-22(37-8-6-9-51(44,45)46)28-31(25)32(27(21)30(26)29)33(24(16)17(2)40)36(49-3)35(28)43/h11-13,24,37-39,42H,5-10,14-15H2,1-4H3,(H,44,45,46). The summed E-state index contributed by atoms with van der Waals surface area (Å²) in [5.74, 6) is -2.97. The summed E-state index contributed by atoms with van der Waals surface area (Å²) in [5, 5.41) is 38.1. The van der Waals surface area contributed by atoms with Gasteiger partial charge in [0, 0.05) is 34.1 Å². The lowest BCUT2D eigenvalue weighted by molar-refractivity contribution is -0.117. The number of nitrogens with one attached hydrogen (secondary N) is 1. The number of aliphatic hydroxyl groups excluding tert-OH is 2. The van der Waals surface area contributed by atoms with E-state index in [-0.39, 0.29) is 97.6 Å². The van der Waals surface area contributed by atoms with Crippen LogP contribution in [0.1, 0.15) is 60.4 Å². The van der Waals surface area contributed by atoms with Crippen LogP contribution >= 0.6 is 0 Å². The van der Waals surface area contributed by atoms with Crippen LogP contribution in [-0.4, -0.2) is 74.8 Å². The lowest BCUT2D eigenvalue weighted by Crippen LogP contribution is -2.19. The average molecular weight is 756 g/mol. The number of hydrogen-bond donors (Lipinski definition) is 5. The fraction of sp³-hybridized carbons (Fsp3) is 0.361. The molecule has 0 aliphatic heterocycles. The van der Waals surface area contributed by atoms with Crippen molar-refractivity contribution in [3.63, 3.8) is 0 Å². The number of carbonyl (C=O) groups is 1. The van der Waals surface area contributed by atoms with Crippen molar-refractivity contribution in [2.24, 2.45) is 0 Å². The van der Waals surface area contributed by atoms with Crippen LogP contribution in [-0.2, 0) is 48.8 Å². The largest absolute Gasteiger partial charge is 0.507 e. The van der Waals surface area contributed by atoms with Gasteiger partial charge in [-0.3, -0.25) is 23.1 Å². The highest BCUT2D eigenvalue weighted by molar-refractivity contribution is 7.86. The predicted octanol–water partition coefficient (Wildman–Crippen LogP) is 3.28. The number of rotatable bonds is 14. The molecule has 1 aliphatic rings. The van der Waals surface area contributed by atoms with Gasteiger partial charge in [0.1, 0.15) is 11.5 Å². The Kier molecular flexibility index (Phi) is 9.69. The number of hydrogen-bond acceptors (Lipinski definition) is 13. The molecular formula is C36H37NO13S2. The third-order valence-corrected chi connectivity index (χ3v) is 12.0. The van der Waals surface area contributed by atoms with Gasteiger partial charge >= 0.3 is 0 Å². The molecule has 1 atom stereocenters. The van der Waals surface area contributed by atoms with E-state index >= 15 is 0 Å². The molecular weight excluding hydrogens is 719 g/mol. The molecule has 0 spiro atoms. The molecule has 0 radical (unpaired) electrons. The predicted molar refractivity (Wildman–Crippen MR) is 197 cm³/mol. The van der Waals surface area contributed by atoms with E-state index in [4.69, 9.17) is 4.74 Å². The van der Waals surface area contributed by atoms with Gasteiger partial charge < -0.3 is 25.4 Å². The Morgan fingerprint density at radius 3 is 2.08 bits per heavy atom. The maximum atomic E-state index is 14.6. The van der Waals surface area contributed by atoms with E-state index in [0.717, 1.165) is 7.11 Å². The summed E-state index contributed by atoms with van der Waals surface area (Å²) >= 11 is 0. The van der Waals surface area contributed by atoms with Gasteiger partial charge in [0.2, 0.25) is 5.43 Å². The number of aliphatic hydroxyl groups is 2. The molecule has 0 amide bonds. The highest BCUT2D eigenvalue weighted by Gasteiger charge is 2.36. The van der Waals surface area contributed by atoms with Crippen LogP contribution in [0.4, 0.5) is 5.69 Å². The minimum absolute atomic E-state index is 0.0179. The number of anilines is 1. The molecule has 0 bridgehead atoms. The van der Waals surface area contributed by atoms with Crippen LogP contribution < -0.4 is 20.9 Å². The van der Waals surface area contributed by atoms with E-state index in [0.29, 0.717) is 21.9 Å². The zero-order valence-corrected chi connectivity index (χ0v) is 30.4. The number of ether oxygens (including phenoxy) is 1. The minimum Gasteiger partial charge on any atom is -0.507 e. The van der Waals surface area contributed by atoms with Crippen molar-refractivity contribution in [3.8, 4) is 11.5 Å². The Hall–Kier alpha value is -4.45. The fourth-order valence-electron chi connectivity index (χ4n) is 7.89. The third-order valence-electron chi connectivity index (χ3n) is 9.88. The number of allylic oxidation sites excluding steroid dienone is 1. The fourth-order valence-corrected chi connectivity index (χ4v) is 9.06. The van der Waals surface area contributed by atoms with Gasteiger partial charge in [0.15, 0.2) is 11.2 Å². The molecule has 0 aromatic heterocycles. The van der Waals surface area contributed by atoms with Gasteiger partial charge in [0.25, 0.3) is 20.2 Å². The number of aromatic hydroxyl groups is 1. The summed E-state index contributed by atoms with van der Waals surface area (Å²) in [7, 11) is -5.87. The molecule has 14 nitrogen and oxygen atoms in total. The van der Waals surface area contributed by atoms with Crippen LogP contribution in [0.25, 0.3) is 49.2 Å². The van der Waals surface area contributed by atoms with Crippen molar-refractivity contribution in [3.05, 3.63) is 66.0 Å². The highest BCUT2D eigenvalue weighted by atomic mass is 32.2. The molecule has 276 valence electrons. The Bertz CT molecular complexity index is 2690. The summed E-state index contributed by atoms with van der Waals surface area (Å²) in [6.07, 6.45) is 1.56. The summed E-state index contributed by atoms with van der Waals surface area (Å²) < 4.78 is 67.0. The second-order valence-electron chi connectivity index (χ2n) is 13.0. The van der Waals surface area contributed by atoms with Crippen molar-refractivity contribution in [2.45, 2.75) is 52.2 Å². The molecule has 5 aromatic rings. The van der Waals surface area contributed by atoms with Crippen molar-refractivity contribution in [1.29, 1.82) is 0 Å². The van der Waals surface area contributed by atoms with Crippen molar-refractivity contribution < 1.29 is 50.4 Å². The molecule has 6 rings (SSSR count). The van der Waals surface area contributed by atoms with E-state index in [1.54, 1.807) is 13.0 Å². The quantitative estimate of drug-likeness (QED) is 0.0360. The number of Topliss-reactive ketones (excluding diaryl/α,β-unsaturated/α-hetero) is 1. The lowest BCUT2D eigenvalue weighted by atomic mass is 9.78. The normalized spacial score (nSPS) is 14.9. The minimum atomic E-state index is -4.29. The van der Waals surface area contributed by atoms with Gasteiger partial charge in [-0.25, -0.2) is 0 Å². The maximum absolute atomic E-state index is 14.6. The molecule has 0 saturated carbocycles. The van der Waals surface area contributed by atoms with Gasteiger partial charge in [-0.1, -0.05) is 11.6 Å². The van der Waals surface area contributed by atoms with Crippen LogP contribution in [0.3, 0.4) is 0 Å². The average Bonchev–Trinajstić information content (AvgIpc) is 3.21. The molecule has 1 unspecified atom stereocenters. The number of ketones is 1. The zero-order chi connectivity index (χ0) is 38.0. The molecule has 16 heteroatoms. The molecule has 52 heavy (non-hydrogen) atoms. The van der Waals surface area contributed by atoms with Gasteiger partial charge in [-0.2, -0.15) is 16.8 Å². The first kappa shape index (κ1) is 37.3. The lowest BCUT2D eigenvalue weighted by Gasteiger charge is -2.26. The Balaban J connectivity index is 1.91. The van der Waals surface area contributed by atoms with Crippen molar-refractivity contribution in [1.82, 2.24) is 0 Å². The molecule has 1 aliphatic carbocycles. The Morgan fingerprint density at radius 2 is 1.50 bits per heavy atom. The highest BCUT2D eigenvalue weighted by Crippen LogP contribution is 2.54. The van der Waals surface area contributed by atoms with Gasteiger partial charge in [0.05, 0.1) is 55.6 Å². The van der Waals surface area contributed by atoms with Gasteiger partial charge in [-0.05, 0) is 83.5 Å². The first-order valence-electron chi connectivity index (χ1n) is 16.3. The molecule has 0 saturated heterocycles. The zero-order valence-electron chi connectivity index (χ0n) is 28.7. The first-order valence-corrected chi connectivity index (χ1v) is 19.5. The first-order chi connectivity index (χ1) is 24.5. The summed E-state index contributed by atoms with van der Waals surface area (Å²) in [6.45, 7) is 1.78. The second-order valence-corrected chi connectivity index (χ2v) is 16.4. The second kappa shape index (κ2) is 13.5. The van der Waals surface area contributed by atoms with E-state index in [1.807, 2.05) is 0 Å². The molecule has 0 heterocycles. The van der Waals surface area contributed by atoms with E-state index in [2.05, 4.69) is 9.50 Å². The molecule has 5 aromatic carbocycles. The van der Waals surface area contributed by atoms with Crippen LogP contribution in [0.2, 0.25) is 0 Å². The topological polar surface area (TPSA) is 231 Å². The van der Waals surface area contributed by atoms with Crippen LogP contribution in [0.15, 0.2) is 27.3 Å². The van der Waals surface area contributed by atoms with E-state index in [1.165, 1.54) is 26.2 Å². The number of methoxy groups -OCH3 is 1. The summed E-state index contributed by atoms with van der Waals surface area (Å²) in [6, 6.07) is 2.66. The van der Waals surface area contributed by atoms with Crippen molar-refractivity contribution >= 4 is 80.9 Å². The molecule has 0 fully saturated rings. The summed E-state index contributed by atoms with van der Waals surface area (Å²) in [4.78, 5) is 42.1. The monoisotopic (exact) mass is 755 g/mol. The van der Waals surface area contributed by atoms with Crippen molar-refractivity contribution in [2.75, 3.05) is 37.6 Å². The number of carbonyl (C=O) groups excluding carboxylic acids is 1. The van der Waals surface area contributed by atoms with E-state index < -0.39 is 67.5 Å². The summed E-state index contributed by atoms with van der Waals surface area (Å²) in [5.41, 5.74) is 0.548. The number of phenols is 1. The number of phenolic OH excluding ortho intramolecular Hbond substituents is 1.